The number of nitrogens with zero attached hydrogens (tertiary/aromatic N) is 3. The third-order valence-electron chi connectivity index (χ3n) is 5.37. The van der Waals surface area contributed by atoms with Gasteiger partial charge in [-0.1, -0.05) is 26.2 Å². The summed E-state index contributed by atoms with van der Waals surface area (Å²) in [6.45, 7) is 3.35. The van der Waals surface area contributed by atoms with E-state index in [0.717, 1.165) is 12.1 Å². The minimum absolute atomic E-state index is 0.0732. The van der Waals surface area contributed by atoms with Crippen LogP contribution >= 0.6 is 0 Å². The number of carbonyl (C=O) groups is 1. The zero-order valence-electron chi connectivity index (χ0n) is 17.3. The summed E-state index contributed by atoms with van der Waals surface area (Å²) in [6.07, 6.45) is 8.79. The molecule has 0 aliphatic heterocycles. The van der Waals surface area contributed by atoms with Crippen LogP contribution in [0.2, 0.25) is 0 Å². The minimum Gasteiger partial charge on any atom is -0.476 e. The van der Waals surface area contributed by atoms with Gasteiger partial charge < -0.3 is 20.4 Å². The number of aromatic amines is 1. The molecule has 1 aliphatic rings. The van der Waals surface area contributed by atoms with Gasteiger partial charge in [0.2, 0.25) is 11.8 Å². The molecule has 3 N–H and O–H groups in total. The van der Waals surface area contributed by atoms with Gasteiger partial charge in [0.1, 0.15) is 5.52 Å². The number of carbonyl (C=O) groups excluding carboxylic acids is 1. The Morgan fingerprint density at radius 1 is 1.17 bits per heavy atom. The first-order chi connectivity index (χ1) is 14.7. The van der Waals surface area contributed by atoms with Gasteiger partial charge in [-0.25, -0.2) is 4.98 Å². The van der Waals surface area contributed by atoms with Crippen LogP contribution in [0.5, 0.6) is 5.88 Å². The number of rotatable bonds is 8. The second-order valence-corrected chi connectivity index (χ2v) is 7.73. The molecule has 2 aromatic heterocycles. The van der Waals surface area contributed by atoms with Crippen LogP contribution in [0.3, 0.4) is 0 Å². The fourth-order valence-electron chi connectivity index (χ4n) is 3.69. The van der Waals surface area contributed by atoms with Crippen LogP contribution < -0.4 is 15.4 Å². The van der Waals surface area contributed by atoms with Crippen molar-refractivity contribution in [2.45, 2.75) is 45.4 Å². The molecule has 3 aromatic rings. The van der Waals surface area contributed by atoms with Crippen LogP contribution in [0.4, 0.5) is 11.6 Å². The molecule has 0 unspecified atom stereocenters. The van der Waals surface area contributed by atoms with Crippen molar-refractivity contribution in [1.29, 1.82) is 0 Å². The van der Waals surface area contributed by atoms with E-state index in [2.05, 4.69) is 30.6 Å². The van der Waals surface area contributed by atoms with Crippen LogP contribution in [0.25, 0.3) is 11.2 Å². The van der Waals surface area contributed by atoms with E-state index in [9.17, 15) is 4.79 Å². The number of fused-ring (bicyclic) bond motifs is 1. The number of ether oxygens (including phenoxy) is 1. The highest BCUT2D eigenvalue weighted by molar-refractivity contribution is 5.94. The Labute approximate surface area is 175 Å². The summed E-state index contributed by atoms with van der Waals surface area (Å²) in [7, 11) is 0. The topological polar surface area (TPSA) is 105 Å². The van der Waals surface area contributed by atoms with Crippen molar-refractivity contribution in [2.75, 3.05) is 18.5 Å². The summed E-state index contributed by atoms with van der Waals surface area (Å²) in [6, 6.07) is 7.23. The molecule has 30 heavy (non-hydrogen) atoms. The Balaban J connectivity index is 1.46. The highest BCUT2D eigenvalue weighted by Crippen LogP contribution is 2.27. The smallest absolute Gasteiger partial charge is 0.251 e. The number of aromatic nitrogens is 4. The lowest BCUT2D eigenvalue weighted by molar-refractivity contribution is 0.0953. The van der Waals surface area contributed by atoms with Crippen molar-refractivity contribution in [3.63, 3.8) is 0 Å². The van der Waals surface area contributed by atoms with E-state index >= 15 is 0 Å². The predicted molar refractivity (Wildman–Crippen MR) is 116 cm³/mol. The highest BCUT2D eigenvalue weighted by atomic mass is 16.5. The predicted octanol–water partition coefficient (Wildman–Crippen LogP) is 4.20. The molecule has 0 radical (unpaired) electrons. The molecule has 0 spiro atoms. The minimum atomic E-state index is -0.0732. The first-order valence-electron chi connectivity index (χ1n) is 10.7. The van der Waals surface area contributed by atoms with Crippen molar-refractivity contribution in [2.24, 2.45) is 5.92 Å². The van der Waals surface area contributed by atoms with Crippen LogP contribution in [-0.4, -0.2) is 39.0 Å². The molecule has 0 saturated heterocycles. The lowest BCUT2D eigenvalue weighted by atomic mass is 9.90. The second kappa shape index (κ2) is 9.56. The summed E-state index contributed by atoms with van der Waals surface area (Å²) in [5, 5.41) is 6.06. The van der Waals surface area contributed by atoms with Crippen LogP contribution in [0.15, 0.2) is 30.6 Å². The number of anilines is 2. The molecule has 1 aromatic carbocycles. The molecule has 0 bridgehead atoms. The van der Waals surface area contributed by atoms with E-state index in [1.165, 1.54) is 32.1 Å². The van der Waals surface area contributed by atoms with E-state index in [1.807, 2.05) is 19.1 Å². The standard InChI is InChI=1S/C22H28N6O2/c1-2-12-23-20(29)16-8-10-17(11-9-16)26-22-27-19-18(24-14-25-19)21(28-22)30-13-15-6-4-3-5-7-15/h8-11,14-15H,2-7,12-13H2,1H3,(H,23,29)(H2,24,25,26,27,28). The maximum atomic E-state index is 12.1. The first-order valence-corrected chi connectivity index (χ1v) is 10.7. The molecule has 0 atom stereocenters. The molecule has 1 amide bonds. The Kier molecular flexibility index (Phi) is 6.41. The van der Waals surface area contributed by atoms with Crippen molar-refractivity contribution < 1.29 is 9.53 Å². The van der Waals surface area contributed by atoms with Gasteiger partial charge in [-0.15, -0.1) is 0 Å². The van der Waals surface area contributed by atoms with E-state index in [4.69, 9.17) is 4.74 Å². The van der Waals surface area contributed by atoms with Crippen LogP contribution in [0.1, 0.15) is 55.8 Å². The molecule has 8 heteroatoms. The monoisotopic (exact) mass is 408 g/mol. The third kappa shape index (κ3) is 4.87. The molecule has 1 fully saturated rings. The number of nitrogens with one attached hydrogen (secondary N) is 3. The quantitative estimate of drug-likeness (QED) is 0.516. The van der Waals surface area contributed by atoms with Gasteiger partial charge in [-0.3, -0.25) is 4.79 Å². The maximum Gasteiger partial charge on any atom is 0.251 e. The van der Waals surface area contributed by atoms with Gasteiger partial charge >= 0.3 is 0 Å². The zero-order chi connectivity index (χ0) is 20.8. The van der Waals surface area contributed by atoms with E-state index < -0.39 is 0 Å². The van der Waals surface area contributed by atoms with Crippen LogP contribution in [0, 0.1) is 5.92 Å². The molecule has 1 saturated carbocycles. The normalized spacial score (nSPS) is 14.6. The SMILES string of the molecule is CCCNC(=O)c1ccc(Nc2nc(OCC3CCCCC3)c3[nH]cnc3n2)cc1. The Hall–Kier alpha value is -3.16. The largest absolute Gasteiger partial charge is 0.476 e. The number of imidazole rings is 1. The zero-order valence-corrected chi connectivity index (χ0v) is 17.3. The number of benzene rings is 1. The Morgan fingerprint density at radius 2 is 1.97 bits per heavy atom. The van der Waals surface area contributed by atoms with Gasteiger partial charge in [0.05, 0.1) is 12.9 Å². The molecular formula is C22H28N6O2. The molecule has 8 nitrogen and oxygen atoms in total. The fourth-order valence-corrected chi connectivity index (χ4v) is 3.69. The van der Waals surface area contributed by atoms with Crippen molar-refractivity contribution in [3.05, 3.63) is 36.2 Å². The van der Waals surface area contributed by atoms with Gasteiger partial charge in [0.15, 0.2) is 5.65 Å². The average molecular weight is 409 g/mol. The fraction of sp³-hybridized carbons (Fsp3) is 0.455. The molecular weight excluding hydrogens is 380 g/mol. The van der Waals surface area contributed by atoms with Gasteiger partial charge in [-0.2, -0.15) is 9.97 Å². The Bertz CT molecular complexity index is 979. The van der Waals surface area contributed by atoms with Gasteiger partial charge in [0, 0.05) is 17.8 Å². The summed E-state index contributed by atoms with van der Waals surface area (Å²) in [5.41, 5.74) is 2.67. The number of H-pyrrole nitrogens is 1. The molecule has 158 valence electrons. The Morgan fingerprint density at radius 3 is 2.73 bits per heavy atom. The number of hydrogen-bond acceptors (Lipinski definition) is 6. The highest BCUT2D eigenvalue weighted by Gasteiger charge is 2.17. The lowest BCUT2D eigenvalue weighted by Gasteiger charge is -2.21. The number of hydrogen-bond donors (Lipinski definition) is 3. The van der Waals surface area contributed by atoms with E-state index in [-0.39, 0.29) is 5.91 Å². The first kappa shape index (κ1) is 20.1. The van der Waals surface area contributed by atoms with Gasteiger partial charge in [-0.05, 0) is 49.4 Å². The molecule has 1 aliphatic carbocycles. The molecule has 2 heterocycles. The second-order valence-electron chi connectivity index (χ2n) is 7.73. The van der Waals surface area contributed by atoms with E-state index in [0.29, 0.717) is 47.6 Å². The van der Waals surface area contributed by atoms with Crippen molar-refractivity contribution in [1.82, 2.24) is 25.3 Å². The molecule has 4 rings (SSSR count). The number of amides is 1. The van der Waals surface area contributed by atoms with Crippen molar-refractivity contribution in [3.8, 4) is 5.88 Å². The maximum absolute atomic E-state index is 12.1. The van der Waals surface area contributed by atoms with Crippen LogP contribution in [-0.2, 0) is 0 Å². The third-order valence-corrected chi connectivity index (χ3v) is 5.37. The van der Waals surface area contributed by atoms with E-state index in [1.54, 1.807) is 18.5 Å². The summed E-state index contributed by atoms with van der Waals surface area (Å²) in [5.74, 6) is 1.43. The van der Waals surface area contributed by atoms with Crippen molar-refractivity contribution >= 4 is 28.7 Å². The summed E-state index contributed by atoms with van der Waals surface area (Å²) >= 11 is 0. The average Bonchev–Trinajstić information content (AvgIpc) is 3.26. The lowest BCUT2D eigenvalue weighted by Crippen LogP contribution is -2.23. The van der Waals surface area contributed by atoms with Gasteiger partial charge in [0.25, 0.3) is 5.91 Å². The summed E-state index contributed by atoms with van der Waals surface area (Å²) in [4.78, 5) is 28.4. The summed E-state index contributed by atoms with van der Waals surface area (Å²) < 4.78 is 6.07.